The number of likely N-dealkylation sites (N-methyl/N-ethyl adjacent to an activating group) is 1. The number of rotatable bonds is 4. The zero-order valence-electron chi connectivity index (χ0n) is 21.7. The lowest BCUT2D eigenvalue weighted by Crippen LogP contribution is -2.42. The Hall–Kier alpha value is -5.31. The lowest BCUT2D eigenvalue weighted by Gasteiger charge is -2.14. The van der Waals surface area contributed by atoms with Crippen LogP contribution in [-0.2, 0) is 11.2 Å². The molecule has 2 amide bonds. The summed E-state index contributed by atoms with van der Waals surface area (Å²) in [6.45, 7) is 0.944. The monoisotopic (exact) mass is 527 g/mol. The summed E-state index contributed by atoms with van der Waals surface area (Å²) in [5, 5.41) is 10.5. The standard InChI is InChI=1S/C31H25N7O2/c1-37-17-14-19-12-13-21(18-24(19)37)27-25(29-32-15-7-16-38(29)36-27)30(39)35-28-31(40)33-23-11-6-5-10-22(23)26(34-28)20-8-3-2-4-9-20/h2-13,15-16,18,28H,14,17H2,1H3,(H,33,40)(H,35,39)/t28-/m1/s1. The topological polar surface area (TPSA) is 104 Å². The Morgan fingerprint density at radius 2 is 1.82 bits per heavy atom. The van der Waals surface area contributed by atoms with Gasteiger partial charge in [-0.15, -0.1) is 0 Å². The van der Waals surface area contributed by atoms with Gasteiger partial charge in [0.15, 0.2) is 5.65 Å². The Balaban J connectivity index is 1.31. The van der Waals surface area contributed by atoms with Gasteiger partial charge in [-0.1, -0.05) is 60.7 Å². The molecule has 0 fully saturated rings. The van der Waals surface area contributed by atoms with Gasteiger partial charge < -0.3 is 15.5 Å². The van der Waals surface area contributed by atoms with Gasteiger partial charge in [-0.05, 0) is 30.2 Å². The minimum Gasteiger partial charge on any atom is -0.374 e. The summed E-state index contributed by atoms with van der Waals surface area (Å²) in [6, 6.07) is 25.0. The highest BCUT2D eigenvalue weighted by atomic mass is 16.2. The number of aromatic nitrogens is 3. The van der Waals surface area contributed by atoms with Crippen molar-refractivity contribution in [3.8, 4) is 11.3 Å². The van der Waals surface area contributed by atoms with Crippen LogP contribution >= 0.6 is 0 Å². The van der Waals surface area contributed by atoms with Crippen molar-refractivity contribution >= 4 is 34.5 Å². The highest BCUT2D eigenvalue weighted by Gasteiger charge is 2.30. The maximum absolute atomic E-state index is 14.0. The molecule has 2 N–H and O–H groups in total. The van der Waals surface area contributed by atoms with Crippen LogP contribution in [0.4, 0.5) is 11.4 Å². The highest BCUT2D eigenvalue weighted by Crippen LogP contribution is 2.34. The molecule has 4 heterocycles. The van der Waals surface area contributed by atoms with Crippen molar-refractivity contribution in [2.45, 2.75) is 12.6 Å². The summed E-state index contributed by atoms with van der Waals surface area (Å²) in [5.41, 5.74) is 7.21. The first-order valence-corrected chi connectivity index (χ1v) is 13.1. The number of anilines is 2. The molecular weight excluding hydrogens is 502 g/mol. The van der Waals surface area contributed by atoms with Crippen molar-refractivity contribution in [3.05, 3.63) is 114 Å². The van der Waals surface area contributed by atoms with E-state index in [2.05, 4.69) is 39.7 Å². The third-order valence-corrected chi connectivity index (χ3v) is 7.37. The molecule has 5 aromatic rings. The molecule has 0 radical (unpaired) electrons. The molecule has 2 aromatic heterocycles. The third kappa shape index (κ3) is 3.99. The number of hydrogen-bond donors (Lipinski definition) is 2. The number of carbonyl (C=O) groups excluding carboxylic acids is 2. The Kier molecular flexibility index (Phi) is 5.62. The number of benzodiazepines with no additional fused rings is 1. The van der Waals surface area contributed by atoms with Crippen molar-refractivity contribution in [3.63, 3.8) is 0 Å². The predicted molar refractivity (Wildman–Crippen MR) is 154 cm³/mol. The van der Waals surface area contributed by atoms with Crippen LogP contribution in [0, 0.1) is 0 Å². The van der Waals surface area contributed by atoms with E-state index >= 15 is 0 Å². The lowest BCUT2D eigenvalue weighted by atomic mass is 10.0. The molecule has 9 heteroatoms. The number of fused-ring (bicyclic) bond motifs is 3. The second-order valence-corrected chi connectivity index (χ2v) is 9.88. The van der Waals surface area contributed by atoms with Gasteiger partial charge in [-0.25, -0.2) is 14.5 Å². The molecule has 0 saturated carbocycles. The summed E-state index contributed by atoms with van der Waals surface area (Å²) in [4.78, 5) is 38.8. The Morgan fingerprint density at radius 3 is 2.70 bits per heavy atom. The van der Waals surface area contributed by atoms with Gasteiger partial charge in [0.2, 0.25) is 6.17 Å². The molecule has 196 valence electrons. The van der Waals surface area contributed by atoms with E-state index in [4.69, 9.17) is 10.1 Å². The number of amides is 2. The van der Waals surface area contributed by atoms with Gasteiger partial charge in [0.25, 0.3) is 11.8 Å². The van der Waals surface area contributed by atoms with Crippen LogP contribution in [0.15, 0.2) is 96.2 Å². The van der Waals surface area contributed by atoms with Crippen molar-refractivity contribution in [1.29, 1.82) is 0 Å². The summed E-state index contributed by atoms with van der Waals surface area (Å²) in [7, 11) is 2.06. The minimum atomic E-state index is -1.17. The summed E-state index contributed by atoms with van der Waals surface area (Å²) in [6.07, 6.45) is 3.18. The summed E-state index contributed by atoms with van der Waals surface area (Å²) >= 11 is 0. The second-order valence-electron chi connectivity index (χ2n) is 9.88. The van der Waals surface area contributed by atoms with E-state index in [1.807, 2.05) is 60.7 Å². The number of aliphatic imine (C=N–C) groups is 1. The first-order chi connectivity index (χ1) is 19.6. The van der Waals surface area contributed by atoms with Crippen LogP contribution in [-0.4, -0.2) is 51.9 Å². The number of benzene rings is 3. The zero-order chi connectivity index (χ0) is 27.2. The van der Waals surface area contributed by atoms with Gasteiger partial charge in [0.1, 0.15) is 11.3 Å². The highest BCUT2D eigenvalue weighted by molar-refractivity contribution is 6.20. The van der Waals surface area contributed by atoms with E-state index in [-0.39, 0.29) is 5.56 Å². The van der Waals surface area contributed by atoms with Gasteiger partial charge in [-0.3, -0.25) is 9.59 Å². The molecule has 0 aliphatic carbocycles. The van der Waals surface area contributed by atoms with Gasteiger partial charge in [0.05, 0.1) is 11.4 Å². The fraction of sp³-hybridized carbons (Fsp3) is 0.129. The van der Waals surface area contributed by atoms with Gasteiger partial charge in [0, 0.05) is 48.4 Å². The Morgan fingerprint density at radius 1 is 1.00 bits per heavy atom. The molecule has 2 aliphatic heterocycles. The van der Waals surface area contributed by atoms with Gasteiger partial charge in [-0.2, -0.15) is 5.10 Å². The summed E-state index contributed by atoms with van der Waals surface area (Å²) in [5.74, 6) is -0.920. The molecule has 2 aliphatic rings. The molecule has 0 spiro atoms. The number of para-hydroxylation sites is 1. The normalized spacial score (nSPS) is 16.1. The molecule has 1 atom stereocenters. The third-order valence-electron chi connectivity index (χ3n) is 7.37. The molecule has 0 saturated heterocycles. The van der Waals surface area contributed by atoms with Crippen molar-refractivity contribution in [2.24, 2.45) is 4.99 Å². The van der Waals surface area contributed by atoms with E-state index in [9.17, 15) is 9.59 Å². The smallest absolute Gasteiger partial charge is 0.269 e. The first-order valence-electron chi connectivity index (χ1n) is 13.1. The van der Waals surface area contributed by atoms with Crippen LogP contribution in [0.25, 0.3) is 16.9 Å². The van der Waals surface area contributed by atoms with E-state index < -0.39 is 18.0 Å². The predicted octanol–water partition coefficient (Wildman–Crippen LogP) is 3.93. The van der Waals surface area contributed by atoms with E-state index in [1.54, 1.807) is 23.0 Å². The number of nitrogens with zero attached hydrogens (tertiary/aromatic N) is 5. The van der Waals surface area contributed by atoms with Gasteiger partial charge >= 0.3 is 0 Å². The molecular formula is C31H25N7O2. The first kappa shape index (κ1) is 23.8. The summed E-state index contributed by atoms with van der Waals surface area (Å²) < 4.78 is 1.59. The van der Waals surface area contributed by atoms with Crippen molar-refractivity contribution in [1.82, 2.24) is 19.9 Å². The van der Waals surface area contributed by atoms with Crippen LogP contribution < -0.4 is 15.5 Å². The molecule has 0 bridgehead atoms. The van der Waals surface area contributed by atoms with Crippen LogP contribution in [0.5, 0.6) is 0 Å². The zero-order valence-corrected chi connectivity index (χ0v) is 21.7. The van der Waals surface area contributed by atoms with Crippen LogP contribution in [0.3, 0.4) is 0 Å². The average molecular weight is 528 g/mol. The lowest BCUT2D eigenvalue weighted by molar-refractivity contribution is -0.117. The van der Waals surface area contributed by atoms with Crippen LogP contribution in [0.2, 0.25) is 0 Å². The minimum absolute atomic E-state index is 0.284. The Bertz CT molecular complexity index is 1830. The second kappa shape index (κ2) is 9.46. The van der Waals surface area contributed by atoms with E-state index in [0.717, 1.165) is 35.3 Å². The van der Waals surface area contributed by atoms with E-state index in [0.29, 0.717) is 22.7 Å². The maximum Gasteiger partial charge on any atom is 0.269 e. The molecule has 9 nitrogen and oxygen atoms in total. The molecule has 40 heavy (non-hydrogen) atoms. The fourth-order valence-electron chi connectivity index (χ4n) is 5.36. The van der Waals surface area contributed by atoms with Crippen LogP contribution in [0.1, 0.15) is 27.0 Å². The van der Waals surface area contributed by atoms with E-state index in [1.165, 1.54) is 5.56 Å². The molecule has 3 aromatic carbocycles. The average Bonchev–Trinajstić information content (AvgIpc) is 3.52. The Labute approximate surface area is 230 Å². The number of carbonyl (C=O) groups is 2. The van der Waals surface area contributed by atoms with Crippen molar-refractivity contribution in [2.75, 3.05) is 23.8 Å². The largest absolute Gasteiger partial charge is 0.374 e. The number of nitrogens with one attached hydrogen (secondary N) is 2. The van der Waals surface area contributed by atoms with Crippen molar-refractivity contribution < 1.29 is 9.59 Å². The molecule has 0 unspecified atom stereocenters. The number of hydrogen-bond acceptors (Lipinski definition) is 6. The quantitative estimate of drug-likeness (QED) is 0.369. The molecule has 7 rings (SSSR count). The fourth-order valence-corrected chi connectivity index (χ4v) is 5.36. The maximum atomic E-state index is 14.0. The SMILES string of the molecule is CN1CCc2ccc(-c3nn4cccnc4c3C(=O)N[C@H]3N=C(c4ccccc4)c4ccccc4NC3=O)cc21.